The Kier molecular flexibility index (Phi) is 9.43. The summed E-state index contributed by atoms with van der Waals surface area (Å²) in [6.45, 7) is 1.89. The number of ether oxygens (including phenoxy) is 3. The molecule has 0 heterocycles. The second-order valence-corrected chi connectivity index (χ2v) is 9.34. The maximum Gasteiger partial charge on any atom is 0.344 e. The van der Waals surface area contributed by atoms with Crippen molar-refractivity contribution in [3.05, 3.63) is 83.9 Å². The number of hydrogen-bond acceptors (Lipinski definition) is 8. The van der Waals surface area contributed by atoms with Gasteiger partial charge in [0.05, 0.1) is 11.3 Å². The molecule has 0 aromatic heterocycles. The Morgan fingerprint density at radius 2 is 1.61 bits per heavy atom. The number of anilines is 1. The van der Waals surface area contributed by atoms with Crippen LogP contribution >= 0.6 is 0 Å². The summed E-state index contributed by atoms with van der Waals surface area (Å²) in [5, 5.41) is 8.56. The fourth-order valence-electron chi connectivity index (χ4n) is 3.16. The average Bonchev–Trinajstić information content (AvgIpc) is 2.87. The van der Waals surface area contributed by atoms with Crippen LogP contribution in [-0.2, 0) is 30.9 Å². The third-order valence-corrected chi connectivity index (χ3v) is 5.89. The molecule has 0 aliphatic carbocycles. The van der Waals surface area contributed by atoms with E-state index in [0.717, 1.165) is 24.5 Å². The minimum absolute atomic E-state index is 0.0316. The van der Waals surface area contributed by atoms with Crippen molar-refractivity contribution in [2.24, 2.45) is 5.14 Å². The van der Waals surface area contributed by atoms with Crippen LogP contribution in [0.3, 0.4) is 0 Å². The number of nitrogens with two attached hydrogens (primary N) is 1. The molecule has 0 aliphatic rings. The van der Waals surface area contributed by atoms with Crippen molar-refractivity contribution in [2.75, 3.05) is 18.5 Å². The third-order valence-electron chi connectivity index (χ3n) is 4.97. The molecular weight excluding hydrogens is 484 g/mol. The van der Waals surface area contributed by atoms with E-state index in [2.05, 4.69) is 5.32 Å². The molecule has 10 heteroatoms. The average molecular weight is 513 g/mol. The first-order chi connectivity index (χ1) is 17.3. The maximum atomic E-state index is 12.7. The Bertz CT molecular complexity index is 1280. The maximum absolute atomic E-state index is 12.7. The van der Waals surface area contributed by atoms with E-state index in [0.29, 0.717) is 12.3 Å². The van der Waals surface area contributed by atoms with Crippen LogP contribution in [0.2, 0.25) is 0 Å². The fourth-order valence-corrected chi connectivity index (χ4v) is 3.86. The number of hydrogen-bond donors (Lipinski definition) is 2. The van der Waals surface area contributed by atoms with Crippen LogP contribution in [0.4, 0.5) is 5.69 Å². The largest absolute Gasteiger partial charge is 0.458 e. The van der Waals surface area contributed by atoms with E-state index in [1.165, 1.54) is 6.07 Å². The normalized spacial score (nSPS) is 10.9. The van der Waals surface area contributed by atoms with Gasteiger partial charge in [-0.25, -0.2) is 23.1 Å². The number of carbonyl (C=O) groups excluding carboxylic acids is 2. The van der Waals surface area contributed by atoms with Gasteiger partial charge < -0.3 is 19.5 Å². The zero-order valence-corrected chi connectivity index (χ0v) is 20.6. The van der Waals surface area contributed by atoms with E-state index in [1.54, 1.807) is 42.5 Å². The highest BCUT2D eigenvalue weighted by Crippen LogP contribution is 2.37. The standard InChI is InChI=1S/C26H28N2O7S/c1-2-3-14-28-22-15-20(26(30)34-18-24(29)33-17-19-10-6-4-7-11-19)16-23(36(27,31)32)25(22)35-21-12-8-5-9-13-21/h4-13,15-16,28H,2-3,14,17-18H2,1H3,(H2,27,31,32). The predicted molar refractivity (Wildman–Crippen MR) is 134 cm³/mol. The summed E-state index contributed by atoms with van der Waals surface area (Å²) in [7, 11) is -4.30. The Hall–Kier alpha value is -3.89. The molecule has 3 aromatic rings. The lowest BCUT2D eigenvalue weighted by Crippen LogP contribution is -2.19. The SMILES string of the molecule is CCCCNc1cc(C(=O)OCC(=O)OCc2ccccc2)cc(S(N)(=O)=O)c1Oc1ccccc1. The molecule has 3 N–H and O–H groups in total. The first kappa shape index (κ1) is 26.7. The second-order valence-electron chi connectivity index (χ2n) is 7.81. The zero-order valence-electron chi connectivity index (χ0n) is 19.8. The fraction of sp³-hybridized carbons (Fsp3) is 0.231. The summed E-state index contributed by atoms with van der Waals surface area (Å²) in [4.78, 5) is 24.4. The van der Waals surface area contributed by atoms with Crippen LogP contribution in [0.5, 0.6) is 11.5 Å². The number of rotatable bonds is 12. The predicted octanol–water partition coefficient (Wildman–Crippen LogP) is 4.24. The van der Waals surface area contributed by atoms with Crippen LogP contribution in [0.25, 0.3) is 0 Å². The molecule has 0 fully saturated rings. The van der Waals surface area contributed by atoms with Crippen molar-refractivity contribution in [1.29, 1.82) is 0 Å². The minimum atomic E-state index is -4.30. The highest BCUT2D eigenvalue weighted by atomic mass is 32.2. The molecule has 36 heavy (non-hydrogen) atoms. The molecule has 0 radical (unpaired) electrons. The van der Waals surface area contributed by atoms with Crippen LogP contribution in [0.15, 0.2) is 77.7 Å². The molecule has 9 nitrogen and oxygen atoms in total. The number of benzene rings is 3. The summed E-state index contributed by atoms with van der Waals surface area (Å²) >= 11 is 0. The molecule has 0 aliphatic heterocycles. The van der Waals surface area contributed by atoms with Crippen molar-refractivity contribution in [1.82, 2.24) is 0 Å². The van der Waals surface area contributed by atoms with Crippen LogP contribution in [0.1, 0.15) is 35.7 Å². The van der Waals surface area contributed by atoms with Gasteiger partial charge in [-0.2, -0.15) is 0 Å². The van der Waals surface area contributed by atoms with E-state index in [1.807, 2.05) is 25.1 Å². The lowest BCUT2D eigenvalue weighted by molar-refractivity contribution is -0.148. The number of primary sulfonamides is 1. The first-order valence-corrected chi connectivity index (χ1v) is 12.9. The van der Waals surface area contributed by atoms with Crippen LogP contribution < -0.4 is 15.2 Å². The molecule has 3 aromatic carbocycles. The number of para-hydroxylation sites is 1. The Morgan fingerprint density at radius 3 is 2.25 bits per heavy atom. The molecule has 0 amide bonds. The van der Waals surface area contributed by atoms with Crippen LogP contribution in [0, 0.1) is 0 Å². The Balaban J connectivity index is 1.82. The van der Waals surface area contributed by atoms with Gasteiger partial charge in [-0.15, -0.1) is 0 Å². The topological polar surface area (TPSA) is 134 Å². The molecular formula is C26H28N2O7S. The van der Waals surface area contributed by atoms with Gasteiger partial charge in [-0.3, -0.25) is 0 Å². The summed E-state index contributed by atoms with van der Waals surface area (Å²) in [5.41, 5.74) is 0.915. The van der Waals surface area contributed by atoms with Gasteiger partial charge in [0, 0.05) is 6.54 Å². The van der Waals surface area contributed by atoms with Crippen LogP contribution in [-0.4, -0.2) is 33.5 Å². The van der Waals surface area contributed by atoms with Crippen molar-refractivity contribution >= 4 is 27.6 Å². The summed E-state index contributed by atoms with van der Waals surface area (Å²) in [5.74, 6) is -1.32. The number of nitrogens with one attached hydrogen (secondary N) is 1. The van der Waals surface area contributed by atoms with Gasteiger partial charge in [0.1, 0.15) is 17.3 Å². The molecule has 0 unspecified atom stereocenters. The van der Waals surface area contributed by atoms with E-state index in [9.17, 15) is 18.0 Å². The van der Waals surface area contributed by atoms with Crippen molar-refractivity contribution in [2.45, 2.75) is 31.3 Å². The molecule has 3 rings (SSSR count). The molecule has 0 atom stereocenters. The molecule has 0 spiro atoms. The molecule has 0 bridgehead atoms. The number of carbonyl (C=O) groups is 2. The van der Waals surface area contributed by atoms with Gasteiger partial charge in [0.25, 0.3) is 0 Å². The Morgan fingerprint density at radius 1 is 0.944 bits per heavy atom. The smallest absolute Gasteiger partial charge is 0.344 e. The van der Waals surface area contributed by atoms with Crippen molar-refractivity contribution in [3.8, 4) is 11.5 Å². The number of unbranched alkanes of at least 4 members (excludes halogenated alkanes) is 1. The number of sulfonamides is 1. The molecule has 0 saturated carbocycles. The summed E-state index contributed by atoms with van der Waals surface area (Å²) < 4.78 is 40.9. The second kappa shape index (κ2) is 12.7. The van der Waals surface area contributed by atoms with Gasteiger partial charge in [-0.1, -0.05) is 61.9 Å². The molecule has 190 valence electrons. The van der Waals surface area contributed by atoms with E-state index < -0.39 is 33.5 Å². The lowest BCUT2D eigenvalue weighted by Gasteiger charge is -2.17. The zero-order chi connectivity index (χ0) is 26.0. The highest BCUT2D eigenvalue weighted by molar-refractivity contribution is 7.89. The quantitative estimate of drug-likeness (QED) is 0.272. The number of esters is 2. The van der Waals surface area contributed by atoms with Gasteiger partial charge >= 0.3 is 11.9 Å². The van der Waals surface area contributed by atoms with Gasteiger partial charge in [0.2, 0.25) is 10.0 Å². The van der Waals surface area contributed by atoms with Crippen molar-refractivity contribution < 1.29 is 32.2 Å². The van der Waals surface area contributed by atoms with E-state index >= 15 is 0 Å². The summed E-state index contributed by atoms with van der Waals surface area (Å²) in [6.07, 6.45) is 1.67. The molecule has 0 saturated heterocycles. The monoisotopic (exact) mass is 512 g/mol. The highest BCUT2D eigenvalue weighted by Gasteiger charge is 2.24. The third kappa shape index (κ3) is 7.82. The van der Waals surface area contributed by atoms with Gasteiger partial charge in [-0.05, 0) is 36.2 Å². The Labute approximate surface area is 210 Å². The first-order valence-electron chi connectivity index (χ1n) is 11.3. The van der Waals surface area contributed by atoms with Crippen molar-refractivity contribution in [3.63, 3.8) is 0 Å². The summed E-state index contributed by atoms with van der Waals surface area (Å²) in [6, 6.07) is 20.1. The van der Waals surface area contributed by atoms with E-state index in [-0.39, 0.29) is 23.6 Å². The van der Waals surface area contributed by atoms with Gasteiger partial charge in [0.15, 0.2) is 12.4 Å². The minimum Gasteiger partial charge on any atom is -0.458 e. The lowest BCUT2D eigenvalue weighted by atomic mass is 10.1. The van der Waals surface area contributed by atoms with E-state index in [4.69, 9.17) is 19.3 Å².